The van der Waals surface area contributed by atoms with Gasteiger partial charge in [-0.1, -0.05) is 0 Å². The lowest BCUT2D eigenvalue weighted by molar-refractivity contribution is 0.102. The lowest BCUT2D eigenvalue weighted by Crippen LogP contribution is -2.13. The van der Waals surface area contributed by atoms with Crippen molar-refractivity contribution in [2.45, 2.75) is 13.8 Å². The first kappa shape index (κ1) is 12.1. The molecule has 0 aliphatic rings. The number of hydrogen-bond acceptors (Lipinski definition) is 5. The Morgan fingerprint density at radius 1 is 1.50 bits per heavy atom. The standard InChI is InChI=1S/C12H14N4O2/c1-3-13-10-6-9(4-5-14-10)11(17)16-12-15-8(2)7-18-12/h4-7H,3H2,1-2H3,(H,13,14)(H,15,16,17). The van der Waals surface area contributed by atoms with Gasteiger partial charge in [0.1, 0.15) is 12.1 Å². The smallest absolute Gasteiger partial charge is 0.301 e. The zero-order valence-electron chi connectivity index (χ0n) is 10.2. The summed E-state index contributed by atoms with van der Waals surface area (Å²) in [6.07, 6.45) is 3.06. The zero-order valence-corrected chi connectivity index (χ0v) is 10.2. The number of amides is 1. The van der Waals surface area contributed by atoms with E-state index in [9.17, 15) is 4.79 Å². The summed E-state index contributed by atoms with van der Waals surface area (Å²) >= 11 is 0. The van der Waals surface area contributed by atoms with Crippen LogP contribution in [0.4, 0.5) is 11.8 Å². The predicted molar refractivity (Wildman–Crippen MR) is 67.6 cm³/mol. The van der Waals surface area contributed by atoms with Crippen molar-refractivity contribution in [3.05, 3.63) is 35.9 Å². The quantitative estimate of drug-likeness (QED) is 0.863. The molecule has 0 fully saturated rings. The molecule has 0 saturated heterocycles. The van der Waals surface area contributed by atoms with Crippen LogP contribution in [0.25, 0.3) is 0 Å². The van der Waals surface area contributed by atoms with Crippen LogP contribution in [0, 0.1) is 6.92 Å². The summed E-state index contributed by atoms with van der Waals surface area (Å²) in [5.41, 5.74) is 1.21. The van der Waals surface area contributed by atoms with E-state index < -0.39 is 0 Å². The average molecular weight is 246 g/mol. The number of aromatic nitrogens is 2. The Morgan fingerprint density at radius 3 is 3.00 bits per heavy atom. The molecule has 0 unspecified atom stereocenters. The van der Waals surface area contributed by atoms with Crippen molar-refractivity contribution in [1.29, 1.82) is 0 Å². The number of nitrogens with zero attached hydrogens (tertiary/aromatic N) is 2. The second kappa shape index (κ2) is 5.31. The van der Waals surface area contributed by atoms with Crippen LogP contribution in [0.2, 0.25) is 0 Å². The van der Waals surface area contributed by atoms with Crippen LogP contribution in [-0.2, 0) is 0 Å². The molecule has 0 atom stereocenters. The third-order valence-electron chi connectivity index (χ3n) is 2.22. The van der Waals surface area contributed by atoms with Crippen molar-refractivity contribution in [3.8, 4) is 0 Å². The van der Waals surface area contributed by atoms with Crippen LogP contribution < -0.4 is 10.6 Å². The lowest BCUT2D eigenvalue weighted by atomic mass is 10.2. The van der Waals surface area contributed by atoms with Gasteiger partial charge in [0.25, 0.3) is 5.91 Å². The van der Waals surface area contributed by atoms with Gasteiger partial charge in [0.15, 0.2) is 0 Å². The van der Waals surface area contributed by atoms with Crippen LogP contribution in [0.1, 0.15) is 23.0 Å². The summed E-state index contributed by atoms with van der Waals surface area (Å²) in [5.74, 6) is 0.382. The molecular formula is C12H14N4O2. The number of aryl methyl sites for hydroxylation is 1. The fourth-order valence-corrected chi connectivity index (χ4v) is 1.43. The van der Waals surface area contributed by atoms with Crippen molar-refractivity contribution in [3.63, 3.8) is 0 Å². The summed E-state index contributed by atoms with van der Waals surface area (Å²) in [5, 5.41) is 5.62. The van der Waals surface area contributed by atoms with Gasteiger partial charge in [0.2, 0.25) is 0 Å². The summed E-state index contributed by atoms with van der Waals surface area (Å²) in [7, 11) is 0. The molecule has 2 aromatic heterocycles. The molecule has 0 bridgehead atoms. The Bertz CT molecular complexity index is 551. The van der Waals surface area contributed by atoms with E-state index in [-0.39, 0.29) is 11.9 Å². The van der Waals surface area contributed by atoms with Crippen molar-refractivity contribution in [2.24, 2.45) is 0 Å². The van der Waals surface area contributed by atoms with Gasteiger partial charge in [0.05, 0.1) is 5.69 Å². The highest BCUT2D eigenvalue weighted by molar-refractivity contribution is 6.03. The molecule has 18 heavy (non-hydrogen) atoms. The highest BCUT2D eigenvalue weighted by atomic mass is 16.4. The number of hydrogen-bond donors (Lipinski definition) is 2. The van der Waals surface area contributed by atoms with Crippen molar-refractivity contribution in [1.82, 2.24) is 9.97 Å². The van der Waals surface area contributed by atoms with E-state index in [0.717, 1.165) is 6.54 Å². The number of rotatable bonds is 4. The number of nitrogens with one attached hydrogen (secondary N) is 2. The highest BCUT2D eigenvalue weighted by Crippen LogP contribution is 2.11. The van der Waals surface area contributed by atoms with Gasteiger partial charge in [-0.2, -0.15) is 4.98 Å². The molecule has 0 aliphatic heterocycles. The van der Waals surface area contributed by atoms with Crippen molar-refractivity contribution >= 4 is 17.7 Å². The molecule has 0 spiro atoms. The second-order valence-electron chi connectivity index (χ2n) is 3.71. The molecule has 0 saturated carbocycles. The van der Waals surface area contributed by atoms with Gasteiger partial charge < -0.3 is 9.73 Å². The minimum Gasteiger partial charge on any atom is -0.432 e. The van der Waals surface area contributed by atoms with Gasteiger partial charge in [-0.3, -0.25) is 10.1 Å². The van der Waals surface area contributed by atoms with E-state index in [1.807, 2.05) is 6.92 Å². The first-order chi connectivity index (χ1) is 8.69. The Kier molecular flexibility index (Phi) is 3.57. The van der Waals surface area contributed by atoms with E-state index in [1.54, 1.807) is 25.3 Å². The third-order valence-corrected chi connectivity index (χ3v) is 2.22. The molecule has 6 heteroatoms. The molecule has 2 heterocycles. The molecule has 2 N–H and O–H groups in total. The first-order valence-corrected chi connectivity index (χ1v) is 5.62. The van der Waals surface area contributed by atoms with Crippen LogP contribution in [0.3, 0.4) is 0 Å². The fraction of sp³-hybridized carbons (Fsp3) is 0.250. The minimum absolute atomic E-state index is 0.194. The van der Waals surface area contributed by atoms with Crippen molar-refractivity contribution < 1.29 is 9.21 Å². The van der Waals surface area contributed by atoms with Gasteiger partial charge in [-0.15, -0.1) is 0 Å². The monoisotopic (exact) mass is 246 g/mol. The third kappa shape index (κ3) is 2.85. The Labute approximate surface area is 104 Å². The second-order valence-corrected chi connectivity index (χ2v) is 3.71. The molecule has 2 rings (SSSR count). The number of carbonyl (C=O) groups excluding carboxylic acids is 1. The van der Waals surface area contributed by atoms with E-state index in [1.165, 1.54) is 6.26 Å². The fourth-order valence-electron chi connectivity index (χ4n) is 1.43. The number of anilines is 2. The topological polar surface area (TPSA) is 80.0 Å². The number of pyridine rings is 1. The number of oxazole rings is 1. The highest BCUT2D eigenvalue weighted by Gasteiger charge is 2.10. The Balaban J connectivity index is 2.11. The van der Waals surface area contributed by atoms with Gasteiger partial charge in [-0.25, -0.2) is 4.98 Å². The van der Waals surface area contributed by atoms with Gasteiger partial charge >= 0.3 is 6.01 Å². The number of carbonyl (C=O) groups is 1. The molecular weight excluding hydrogens is 232 g/mol. The van der Waals surface area contributed by atoms with E-state index >= 15 is 0 Å². The average Bonchev–Trinajstić information content (AvgIpc) is 2.75. The van der Waals surface area contributed by atoms with Crippen LogP contribution >= 0.6 is 0 Å². The molecule has 0 aliphatic carbocycles. The van der Waals surface area contributed by atoms with E-state index in [2.05, 4.69) is 20.6 Å². The molecule has 0 radical (unpaired) electrons. The lowest BCUT2D eigenvalue weighted by Gasteiger charge is -2.04. The summed E-state index contributed by atoms with van der Waals surface area (Å²) in [6.45, 7) is 4.50. The van der Waals surface area contributed by atoms with Crippen LogP contribution in [-0.4, -0.2) is 22.4 Å². The molecule has 0 aromatic carbocycles. The summed E-state index contributed by atoms with van der Waals surface area (Å²) in [4.78, 5) is 20.0. The maximum atomic E-state index is 11.9. The normalized spacial score (nSPS) is 10.1. The summed E-state index contributed by atoms with van der Waals surface area (Å²) in [6, 6.07) is 3.50. The van der Waals surface area contributed by atoms with Gasteiger partial charge in [-0.05, 0) is 26.0 Å². The molecule has 6 nitrogen and oxygen atoms in total. The zero-order chi connectivity index (χ0) is 13.0. The first-order valence-electron chi connectivity index (χ1n) is 5.62. The molecule has 1 amide bonds. The minimum atomic E-state index is -0.279. The van der Waals surface area contributed by atoms with Crippen LogP contribution in [0.15, 0.2) is 29.0 Å². The Morgan fingerprint density at radius 2 is 2.33 bits per heavy atom. The van der Waals surface area contributed by atoms with Crippen molar-refractivity contribution in [2.75, 3.05) is 17.2 Å². The van der Waals surface area contributed by atoms with E-state index in [4.69, 9.17) is 4.42 Å². The summed E-state index contributed by atoms with van der Waals surface area (Å²) < 4.78 is 5.06. The Hall–Kier alpha value is -2.37. The SMILES string of the molecule is CCNc1cc(C(=O)Nc2nc(C)co2)ccn1. The molecule has 94 valence electrons. The van der Waals surface area contributed by atoms with Crippen LogP contribution in [0.5, 0.6) is 0 Å². The predicted octanol–water partition coefficient (Wildman–Crippen LogP) is 2.06. The van der Waals surface area contributed by atoms with Gasteiger partial charge in [0, 0.05) is 18.3 Å². The largest absolute Gasteiger partial charge is 0.432 e. The van der Waals surface area contributed by atoms with E-state index in [0.29, 0.717) is 17.1 Å². The molecule has 2 aromatic rings. The maximum Gasteiger partial charge on any atom is 0.301 e. The maximum absolute atomic E-state index is 11.9.